The van der Waals surface area contributed by atoms with E-state index in [0.717, 1.165) is 0 Å². The second-order valence-electron chi connectivity index (χ2n) is 9.89. The number of hydrogen-bond acceptors (Lipinski definition) is 0. The zero-order valence-electron chi connectivity index (χ0n) is 21.8. The quantitative estimate of drug-likeness (QED) is 0.0920. The second kappa shape index (κ2) is 26.2. The largest absolute Gasteiger partial charge is 1.00 e. The molecule has 0 aliphatic rings. The van der Waals surface area contributed by atoms with Crippen LogP contribution in [0.1, 0.15) is 156 Å². The van der Waals surface area contributed by atoms with Crippen LogP contribution in [0.2, 0.25) is 0 Å². The van der Waals surface area contributed by atoms with Crippen molar-refractivity contribution in [2.24, 2.45) is 0 Å². The Morgan fingerprint density at radius 1 is 0.300 bits per heavy atom. The molecular formula is C28H60BrP. The molecule has 0 rings (SSSR count). The van der Waals surface area contributed by atoms with Crippen LogP contribution in [0, 0.1) is 0 Å². The molecule has 0 saturated carbocycles. The summed E-state index contributed by atoms with van der Waals surface area (Å²) in [6.07, 6.45) is 36.1. The maximum Gasteiger partial charge on any atom is 0.0594 e. The average Bonchev–Trinajstić information content (AvgIpc) is 2.73. The third kappa shape index (κ3) is 20.8. The highest BCUT2D eigenvalue weighted by molar-refractivity contribution is 7.75. The highest BCUT2D eigenvalue weighted by Crippen LogP contribution is 2.61. The van der Waals surface area contributed by atoms with Crippen LogP contribution in [-0.2, 0) is 0 Å². The van der Waals surface area contributed by atoms with Gasteiger partial charge in [0.2, 0.25) is 0 Å². The van der Waals surface area contributed by atoms with Gasteiger partial charge in [0.15, 0.2) is 0 Å². The molecule has 0 nitrogen and oxygen atoms in total. The van der Waals surface area contributed by atoms with E-state index in [-0.39, 0.29) is 17.0 Å². The molecule has 0 bridgehead atoms. The van der Waals surface area contributed by atoms with Gasteiger partial charge in [-0.3, -0.25) is 0 Å². The van der Waals surface area contributed by atoms with Crippen LogP contribution in [0.4, 0.5) is 0 Å². The van der Waals surface area contributed by atoms with Gasteiger partial charge in [-0.1, -0.05) is 118 Å². The normalized spacial score (nSPS) is 11.6. The summed E-state index contributed by atoms with van der Waals surface area (Å²) in [6.45, 7) is 9.41. The fourth-order valence-electron chi connectivity index (χ4n) is 4.87. The summed E-state index contributed by atoms with van der Waals surface area (Å²) in [5.41, 5.74) is 0. The van der Waals surface area contributed by atoms with Gasteiger partial charge in [0, 0.05) is 7.26 Å². The van der Waals surface area contributed by atoms with Crippen LogP contribution in [0.25, 0.3) is 0 Å². The second-order valence-corrected chi connectivity index (χ2v) is 14.4. The Bertz CT molecular complexity index is 275. The third-order valence-electron chi connectivity index (χ3n) is 6.94. The van der Waals surface area contributed by atoms with Gasteiger partial charge in [0.25, 0.3) is 0 Å². The van der Waals surface area contributed by atoms with Gasteiger partial charge >= 0.3 is 0 Å². The number of unbranched alkanes of at least 4 members (excludes halogenated alkanes) is 16. The van der Waals surface area contributed by atoms with Gasteiger partial charge in [-0.15, -0.1) is 0 Å². The summed E-state index contributed by atoms with van der Waals surface area (Å²) in [4.78, 5) is 0. The van der Waals surface area contributed by atoms with Gasteiger partial charge in [-0.25, -0.2) is 0 Å². The van der Waals surface area contributed by atoms with Gasteiger partial charge in [0.1, 0.15) is 0 Å². The van der Waals surface area contributed by atoms with Crippen molar-refractivity contribution in [2.45, 2.75) is 156 Å². The lowest BCUT2D eigenvalue weighted by molar-refractivity contribution is -0.00000668. The molecule has 0 aromatic rings. The van der Waals surface area contributed by atoms with Gasteiger partial charge in [0.05, 0.1) is 24.6 Å². The lowest BCUT2D eigenvalue weighted by Gasteiger charge is -2.28. The fraction of sp³-hybridized carbons (Fsp3) is 1.00. The topological polar surface area (TPSA) is 0 Å². The summed E-state index contributed by atoms with van der Waals surface area (Å²) in [5, 5.41) is 0. The van der Waals surface area contributed by atoms with E-state index in [1.165, 1.54) is 116 Å². The Hall–Kier alpha value is 0.910. The molecule has 0 aliphatic carbocycles. The first-order chi connectivity index (χ1) is 14.2. The van der Waals surface area contributed by atoms with Crippen molar-refractivity contribution in [3.8, 4) is 0 Å². The number of rotatable bonds is 24. The summed E-state index contributed by atoms with van der Waals surface area (Å²) < 4.78 is 0. The van der Waals surface area contributed by atoms with E-state index in [1.54, 1.807) is 37.5 Å². The van der Waals surface area contributed by atoms with Gasteiger partial charge in [-0.2, -0.15) is 0 Å². The van der Waals surface area contributed by atoms with Crippen molar-refractivity contribution in [3.63, 3.8) is 0 Å². The SMILES string of the molecule is CCCCCCCCC[P+](CCCCC)(CCCCC)CCCCCCCCC.[Br-]. The van der Waals surface area contributed by atoms with E-state index < -0.39 is 7.26 Å². The highest BCUT2D eigenvalue weighted by Gasteiger charge is 2.34. The van der Waals surface area contributed by atoms with Crippen LogP contribution in [0.15, 0.2) is 0 Å². The van der Waals surface area contributed by atoms with Crippen LogP contribution in [-0.4, -0.2) is 24.6 Å². The van der Waals surface area contributed by atoms with Crippen molar-refractivity contribution in [2.75, 3.05) is 24.6 Å². The van der Waals surface area contributed by atoms with Crippen LogP contribution in [0.3, 0.4) is 0 Å². The first-order valence-electron chi connectivity index (χ1n) is 14.1. The van der Waals surface area contributed by atoms with E-state index in [9.17, 15) is 0 Å². The molecule has 0 aromatic heterocycles. The van der Waals surface area contributed by atoms with Gasteiger partial charge in [-0.05, 0) is 38.5 Å². The van der Waals surface area contributed by atoms with E-state index in [2.05, 4.69) is 27.7 Å². The Morgan fingerprint density at radius 3 is 0.800 bits per heavy atom. The zero-order chi connectivity index (χ0) is 21.5. The highest BCUT2D eigenvalue weighted by atomic mass is 79.9. The van der Waals surface area contributed by atoms with Crippen LogP contribution < -0.4 is 17.0 Å². The number of halogens is 1. The third-order valence-corrected chi connectivity index (χ3v) is 12.0. The minimum atomic E-state index is -0.678. The molecule has 0 heterocycles. The predicted octanol–water partition coefficient (Wildman–Crippen LogP) is 7.89. The minimum absolute atomic E-state index is 0. The lowest BCUT2D eigenvalue weighted by Crippen LogP contribution is -3.00. The molecule has 0 aromatic carbocycles. The average molecular weight is 508 g/mol. The smallest absolute Gasteiger partial charge is 0.0594 e. The Balaban J connectivity index is 0. The Morgan fingerprint density at radius 2 is 0.500 bits per heavy atom. The fourth-order valence-corrected chi connectivity index (χ4v) is 9.79. The van der Waals surface area contributed by atoms with E-state index in [1.807, 2.05) is 0 Å². The molecule has 0 fully saturated rings. The first kappa shape index (κ1) is 33.1. The molecule has 30 heavy (non-hydrogen) atoms. The standard InChI is InChI=1S/C28H60P.BrH/c1-5-9-13-15-17-19-23-27-29(25-21-11-7-3,26-22-12-8-4)28-24-20-18-16-14-10-6-2;/h5-28H2,1-4H3;1H/q+1;/p-1. The summed E-state index contributed by atoms with van der Waals surface area (Å²) >= 11 is 0. The molecule has 0 spiro atoms. The molecule has 0 atom stereocenters. The van der Waals surface area contributed by atoms with Crippen molar-refractivity contribution in [3.05, 3.63) is 0 Å². The van der Waals surface area contributed by atoms with Crippen LogP contribution >= 0.6 is 7.26 Å². The van der Waals surface area contributed by atoms with Crippen molar-refractivity contribution >= 4 is 7.26 Å². The molecular weight excluding hydrogens is 447 g/mol. The lowest BCUT2D eigenvalue weighted by atomic mass is 10.1. The van der Waals surface area contributed by atoms with E-state index >= 15 is 0 Å². The van der Waals surface area contributed by atoms with E-state index in [0.29, 0.717) is 0 Å². The van der Waals surface area contributed by atoms with E-state index in [4.69, 9.17) is 0 Å². The molecule has 0 saturated heterocycles. The van der Waals surface area contributed by atoms with Crippen molar-refractivity contribution in [1.82, 2.24) is 0 Å². The molecule has 184 valence electrons. The molecule has 0 aliphatic heterocycles. The minimum Gasteiger partial charge on any atom is -1.00 e. The maximum absolute atomic E-state index is 2.38. The summed E-state index contributed by atoms with van der Waals surface area (Å²) in [6, 6.07) is 0. The molecule has 0 amide bonds. The maximum atomic E-state index is 2.38. The molecule has 0 radical (unpaired) electrons. The van der Waals surface area contributed by atoms with Crippen LogP contribution in [0.5, 0.6) is 0 Å². The Labute approximate surface area is 204 Å². The zero-order valence-corrected chi connectivity index (χ0v) is 24.3. The van der Waals surface area contributed by atoms with Crippen molar-refractivity contribution < 1.29 is 17.0 Å². The Kier molecular flexibility index (Phi) is 28.9. The molecule has 2 heteroatoms. The molecule has 0 N–H and O–H groups in total. The van der Waals surface area contributed by atoms with Crippen molar-refractivity contribution in [1.29, 1.82) is 0 Å². The molecule has 0 unspecified atom stereocenters. The first-order valence-corrected chi connectivity index (χ1v) is 16.6. The van der Waals surface area contributed by atoms with Gasteiger partial charge < -0.3 is 17.0 Å². The summed E-state index contributed by atoms with van der Waals surface area (Å²) in [7, 11) is -0.678. The number of hydrogen-bond donors (Lipinski definition) is 0. The summed E-state index contributed by atoms with van der Waals surface area (Å²) in [5.74, 6) is 0. The predicted molar refractivity (Wildman–Crippen MR) is 141 cm³/mol. The monoisotopic (exact) mass is 506 g/mol.